The molecular weight excluding hydrogens is 366 g/mol. The number of nitrogens with one attached hydrogen (secondary N) is 1. The number of ether oxygens (including phenoxy) is 2. The van der Waals surface area contributed by atoms with Crippen molar-refractivity contribution in [1.29, 1.82) is 0 Å². The molecule has 29 heavy (non-hydrogen) atoms. The van der Waals surface area contributed by atoms with Gasteiger partial charge in [-0.3, -0.25) is 9.59 Å². The summed E-state index contributed by atoms with van der Waals surface area (Å²) in [5, 5.41) is 2.82. The van der Waals surface area contributed by atoms with Gasteiger partial charge in [-0.1, -0.05) is 60.2 Å². The van der Waals surface area contributed by atoms with Crippen LogP contribution in [-0.2, 0) is 20.7 Å². The van der Waals surface area contributed by atoms with Gasteiger partial charge >= 0.3 is 5.97 Å². The molecule has 0 aliphatic carbocycles. The Bertz CT molecular complexity index is 950. The molecule has 3 aromatic rings. The molecule has 1 atom stereocenters. The molecule has 0 saturated carbocycles. The molecule has 0 radical (unpaired) electrons. The van der Waals surface area contributed by atoms with Crippen LogP contribution in [0.1, 0.15) is 22.8 Å². The van der Waals surface area contributed by atoms with E-state index in [9.17, 15) is 9.59 Å². The fraction of sp³-hybridized carbons (Fsp3) is 0.167. The van der Waals surface area contributed by atoms with Gasteiger partial charge in [-0.05, 0) is 36.8 Å². The van der Waals surface area contributed by atoms with Crippen LogP contribution in [0.2, 0.25) is 0 Å². The van der Waals surface area contributed by atoms with E-state index < -0.39 is 18.0 Å². The summed E-state index contributed by atoms with van der Waals surface area (Å²) in [4.78, 5) is 25.4. The fourth-order valence-electron chi connectivity index (χ4n) is 2.83. The molecule has 0 spiro atoms. The number of hydrogen-bond acceptors (Lipinski definition) is 4. The SMILES string of the molecule is COc1ccc(CC(=O)O[C@H](C(=O)Nc2ccc(C)cc2)c2ccccc2)cc1. The predicted molar refractivity (Wildman–Crippen MR) is 112 cm³/mol. The van der Waals surface area contributed by atoms with Gasteiger partial charge in [0, 0.05) is 11.3 Å². The van der Waals surface area contributed by atoms with Crippen LogP contribution in [0, 0.1) is 6.92 Å². The van der Waals surface area contributed by atoms with E-state index in [0.29, 0.717) is 17.0 Å². The number of rotatable bonds is 7. The highest BCUT2D eigenvalue weighted by Gasteiger charge is 2.25. The van der Waals surface area contributed by atoms with Crippen molar-refractivity contribution in [2.24, 2.45) is 0 Å². The second-order valence-corrected chi connectivity index (χ2v) is 6.66. The Morgan fingerprint density at radius 3 is 2.17 bits per heavy atom. The van der Waals surface area contributed by atoms with E-state index in [1.165, 1.54) is 0 Å². The first-order chi connectivity index (χ1) is 14.0. The molecule has 0 aliphatic rings. The Labute approximate surface area is 170 Å². The molecule has 0 saturated heterocycles. The lowest BCUT2D eigenvalue weighted by atomic mass is 10.1. The second kappa shape index (κ2) is 9.55. The summed E-state index contributed by atoms with van der Waals surface area (Å²) in [6, 6.07) is 23.6. The van der Waals surface area contributed by atoms with E-state index in [1.807, 2.05) is 37.3 Å². The number of aryl methyl sites for hydroxylation is 1. The fourth-order valence-corrected chi connectivity index (χ4v) is 2.83. The van der Waals surface area contributed by atoms with Crippen LogP contribution in [0.5, 0.6) is 5.75 Å². The molecule has 1 amide bonds. The van der Waals surface area contributed by atoms with Crippen LogP contribution in [0.3, 0.4) is 0 Å². The first-order valence-electron chi connectivity index (χ1n) is 9.30. The molecule has 1 N–H and O–H groups in total. The van der Waals surface area contributed by atoms with Crippen molar-refractivity contribution in [2.45, 2.75) is 19.4 Å². The monoisotopic (exact) mass is 389 g/mol. The third-order valence-electron chi connectivity index (χ3n) is 4.42. The molecule has 0 bridgehead atoms. The Hall–Kier alpha value is -3.60. The van der Waals surface area contributed by atoms with Crippen LogP contribution >= 0.6 is 0 Å². The maximum absolute atomic E-state index is 12.9. The molecule has 5 nitrogen and oxygen atoms in total. The largest absolute Gasteiger partial charge is 0.497 e. The molecule has 0 unspecified atom stereocenters. The molecule has 3 aromatic carbocycles. The van der Waals surface area contributed by atoms with Crippen molar-refractivity contribution in [2.75, 3.05) is 12.4 Å². The number of esters is 1. The van der Waals surface area contributed by atoms with Crippen molar-refractivity contribution < 1.29 is 19.1 Å². The Morgan fingerprint density at radius 1 is 0.897 bits per heavy atom. The van der Waals surface area contributed by atoms with Crippen molar-refractivity contribution in [3.05, 3.63) is 95.6 Å². The smallest absolute Gasteiger partial charge is 0.311 e. The minimum absolute atomic E-state index is 0.0607. The van der Waals surface area contributed by atoms with E-state index in [-0.39, 0.29) is 6.42 Å². The first-order valence-corrected chi connectivity index (χ1v) is 9.30. The summed E-state index contributed by atoms with van der Waals surface area (Å²) in [6.45, 7) is 1.97. The lowest BCUT2D eigenvalue weighted by Crippen LogP contribution is -2.26. The molecule has 0 aromatic heterocycles. The molecule has 3 rings (SSSR count). The van der Waals surface area contributed by atoms with Gasteiger partial charge in [0.25, 0.3) is 5.91 Å². The number of benzene rings is 3. The van der Waals surface area contributed by atoms with Gasteiger partial charge in [0.15, 0.2) is 0 Å². The highest BCUT2D eigenvalue weighted by atomic mass is 16.5. The summed E-state index contributed by atoms with van der Waals surface area (Å²) in [5.41, 5.74) is 3.13. The topological polar surface area (TPSA) is 64.6 Å². The van der Waals surface area contributed by atoms with Crippen LogP contribution in [0.25, 0.3) is 0 Å². The predicted octanol–water partition coefficient (Wildman–Crippen LogP) is 4.47. The number of hydrogen-bond donors (Lipinski definition) is 1. The Morgan fingerprint density at radius 2 is 1.55 bits per heavy atom. The summed E-state index contributed by atoms with van der Waals surface area (Å²) in [5.74, 6) is -0.173. The summed E-state index contributed by atoms with van der Waals surface area (Å²) in [7, 11) is 1.58. The maximum atomic E-state index is 12.9. The molecule has 0 fully saturated rings. The van der Waals surface area contributed by atoms with Crippen molar-refractivity contribution in [3.8, 4) is 5.75 Å². The Balaban J connectivity index is 1.73. The van der Waals surface area contributed by atoms with Crippen LogP contribution in [0.15, 0.2) is 78.9 Å². The third kappa shape index (κ3) is 5.69. The minimum atomic E-state index is -1.04. The molecule has 0 aliphatic heterocycles. The second-order valence-electron chi connectivity index (χ2n) is 6.66. The van der Waals surface area contributed by atoms with E-state index in [0.717, 1.165) is 11.1 Å². The average molecular weight is 389 g/mol. The minimum Gasteiger partial charge on any atom is -0.497 e. The van der Waals surface area contributed by atoms with Crippen molar-refractivity contribution in [3.63, 3.8) is 0 Å². The highest BCUT2D eigenvalue weighted by Crippen LogP contribution is 2.21. The van der Waals surface area contributed by atoms with E-state index >= 15 is 0 Å². The number of amides is 1. The van der Waals surface area contributed by atoms with E-state index in [4.69, 9.17) is 9.47 Å². The van der Waals surface area contributed by atoms with Gasteiger partial charge in [-0.15, -0.1) is 0 Å². The zero-order chi connectivity index (χ0) is 20.6. The zero-order valence-electron chi connectivity index (χ0n) is 16.4. The van der Waals surface area contributed by atoms with Gasteiger partial charge in [-0.2, -0.15) is 0 Å². The van der Waals surface area contributed by atoms with Crippen LogP contribution in [0.4, 0.5) is 5.69 Å². The number of anilines is 1. The number of carbonyl (C=O) groups excluding carboxylic acids is 2. The molecule has 0 heterocycles. The van der Waals surface area contributed by atoms with Gasteiger partial charge < -0.3 is 14.8 Å². The van der Waals surface area contributed by atoms with E-state index in [1.54, 1.807) is 55.6 Å². The van der Waals surface area contributed by atoms with Crippen LogP contribution in [-0.4, -0.2) is 19.0 Å². The summed E-state index contributed by atoms with van der Waals surface area (Å²) < 4.78 is 10.7. The van der Waals surface area contributed by atoms with Gasteiger partial charge in [0.2, 0.25) is 6.10 Å². The molecule has 5 heteroatoms. The van der Waals surface area contributed by atoms with Crippen molar-refractivity contribution in [1.82, 2.24) is 0 Å². The zero-order valence-corrected chi connectivity index (χ0v) is 16.4. The number of carbonyl (C=O) groups is 2. The third-order valence-corrected chi connectivity index (χ3v) is 4.42. The standard InChI is InChI=1S/C24H23NO4/c1-17-8-12-20(13-9-17)25-24(27)23(19-6-4-3-5-7-19)29-22(26)16-18-10-14-21(28-2)15-11-18/h3-15,23H,16H2,1-2H3,(H,25,27)/t23-/m0/s1. The lowest BCUT2D eigenvalue weighted by molar-refractivity contribution is -0.154. The quantitative estimate of drug-likeness (QED) is 0.606. The summed E-state index contributed by atoms with van der Waals surface area (Å²) in [6.07, 6.45) is -0.978. The first kappa shape index (κ1) is 20.1. The molecule has 148 valence electrons. The number of methoxy groups -OCH3 is 1. The van der Waals surface area contributed by atoms with Gasteiger partial charge in [-0.25, -0.2) is 0 Å². The lowest BCUT2D eigenvalue weighted by Gasteiger charge is -2.18. The summed E-state index contributed by atoms with van der Waals surface area (Å²) >= 11 is 0. The van der Waals surface area contributed by atoms with E-state index in [2.05, 4.69) is 5.32 Å². The maximum Gasteiger partial charge on any atom is 0.311 e. The normalized spacial score (nSPS) is 11.4. The highest BCUT2D eigenvalue weighted by molar-refractivity contribution is 5.96. The van der Waals surface area contributed by atoms with Gasteiger partial charge in [0.05, 0.1) is 13.5 Å². The molecular formula is C24H23NO4. The van der Waals surface area contributed by atoms with Crippen molar-refractivity contribution >= 4 is 17.6 Å². The van der Waals surface area contributed by atoms with Crippen LogP contribution < -0.4 is 10.1 Å². The Kier molecular flexibility index (Phi) is 6.63. The average Bonchev–Trinajstić information content (AvgIpc) is 2.75. The van der Waals surface area contributed by atoms with Gasteiger partial charge in [0.1, 0.15) is 5.75 Å².